The zero-order valence-electron chi connectivity index (χ0n) is 20.6. The summed E-state index contributed by atoms with van der Waals surface area (Å²) in [7, 11) is 4.38. The molecule has 0 heterocycles. The molecule has 0 atom stereocenters. The molecule has 0 aromatic heterocycles. The standard InChI is InChI=1S/C26H25Br2N3O6/c1-15-7-5-6-8-20(15)29-14-23(32)31-30-13-17-9-18(27)12-19(28)24(17)37-26(33)16-10-21(34-2)25(36-4)22(11-16)35-3/h5-13,29H,14H2,1-4H3,(H,31,32)/b30-13+. The molecule has 11 heteroatoms. The predicted octanol–water partition coefficient (Wildman–Crippen LogP) is 5.33. The zero-order chi connectivity index (χ0) is 26.9. The smallest absolute Gasteiger partial charge is 0.343 e. The van der Waals surface area contributed by atoms with Crippen molar-refractivity contribution in [3.63, 3.8) is 0 Å². The molecule has 3 aromatic rings. The molecule has 37 heavy (non-hydrogen) atoms. The molecule has 194 valence electrons. The van der Waals surface area contributed by atoms with E-state index in [-0.39, 0.29) is 23.8 Å². The maximum Gasteiger partial charge on any atom is 0.343 e. The van der Waals surface area contributed by atoms with Crippen molar-refractivity contribution in [2.24, 2.45) is 5.10 Å². The number of aryl methyl sites for hydroxylation is 1. The zero-order valence-corrected chi connectivity index (χ0v) is 23.7. The van der Waals surface area contributed by atoms with Crippen molar-refractivity contribution in [2.45, 2.75) is 6.92 Å². The monoisotopic (exact) mass is 633 g/mol. The van der Waals surface area contributed by atoms with Crippen LogP contribution in [0.15, 0.2) is 62.6 Å². The Morgan fingerprint density at radius 1 is 0.946 bits per heavy atom. The van der Waals surface area contributed by atoms with E-state index >= 15 is 0 Å². The number of benzene rings is 3. The van der Waals surface area contributed by atoms with Crippen LogP contribution in [0.3, 0.4) is 0 Å². The van der Waals surface area contributed by atoms with Crippen LogP contribution in [0, 0.1) is 6.92 Å². The third-order valence-electron chi connectivity index (χ3n) is 5.11. The molecule has 0 saturated heterocycles. The average Bonchev–Trinajstić information content (AvgIpc) is 2.88. The number of hydrazone groups is 1. The summed E-state index contributed by atoms with van der Waals surface area (Å²) in [5.41, 5.74) is 4.97. The number of nitrogens with zero attached hydrogens (tertiary/aromatic N) is 1. The minimum atomic E-state index is -0.664. The first-order chi connectivity index (χ1) is 17.8. The van der Waals surface area contributed by atoms with Crippen molar-refractivity contribution in [1.29, 1.82) is 0 Å². The summed E-state index contributed by atoms with van der Waals surface area (Å²) in [5, 5.41) is 7.08. The van der Waals surface area contributed by atoms with Crippen molar-refractivity contribution >= 4 is 55.6 Å². The second kappa shape index (κ2) is 13.1. The highest BCUT2D eigenvalue weighted by Gasteiger charge is 2.20. The van der Waals surface area contributed by atoms with E-state index < -0.39 is 5.97 Å². The van der Waals surface area contributed by atoms with Crippen LogP contribution in [0.4, 0.5) is 5.69 Å². The van der Waals surface area contributed by atoms with Gasteiger partial charge < -0.3 is 24.3 Å². The van der Waals surface area contributed by atoms with Crippen LogP contribution in [0.1, 0.15) is 21.5 Å². The number of amides is 1. The molecule has 0 unspecified atom stereocenters. The van der Waals surface area contributed by atoms with E-state index in [1.807, 2.05) is 31.2 Å². The summed E-state index contributed by atoms with van der Waals surface area (Å²) >= 11 is 6.83. The van der Waals surface area contributed by atoms with Crippen molar-refractivity contribution in [1.82, 2.24) is 5.43 Å². The second-order valence-electron chi connectivity index (χ2n) is 7.57. The van der Waals surface area contributed by atoms with Gasteiger partial charge in [-0.1, -0.05) is 34.1 Å². The third-order valence-corrected chi connectivity index (χ3v) is 6.16. The van der Waals surface area contributed by atoms with Crippen molar-refractivity contribution in [3.8, 4) is 23.0 Å². The minimum absolute atomic E-state index is 0.0351. The highest BCUT2D eigenvalue weighted by Crippen LogP contribution is 2.39. The number of carbonyl (C=O) groups excluding carboxylic acids is 2. The van der Waals surface area contributed by atoms with Gasteiger partial charge in [-0.05, 0) is 58.7 Å². The number of hydrogen-bond donors (Lipinski definition) is 2. The SMILES string of the molecule is COc1cc(C(=O)Oc2c(Br)cc(Br)cc2/C=N/NC(=O)CNc2ccccc2C)cc(OC)c1OC. The van der Waals surface area contributed by atoms with E-state index in [1.54, 1.807) is 12.1 Å². The normalized spacial score (nSPS) is 10.6. The van der Waals surface area contributed by atoms with Gasteiger partial charge in [-0.15, -0.1) is 0 Å². The first-order valence-electron chi connectivity index (χ1n) is 10.9. The van der Waals surface area contributed by atoms with E-state index in [9.17, 15) is 9.59 Å². The van der Waals surface area contributed by atoms with E-state index in [0.29, 0.717) is 31.8 Å². The summed E-state index contributed by atoms with van der Waals surface area (Å²) in [5.74, 6) is 0.178. The molecule has 0 saturated carbocycles. The maximum atomic E-state index is 13.0. The number of ether oxygens (including phenoxy) is 4. The molecule has 0 aliphatic rings. The van der Waals surface area contributed by atoms with E-state index in [4.69, 9.17) is 18.9 Å². The molecule has 0 aliphatic carbocycles. The number of para-hydroxylation sites is 1. The molecule has 9 nitrogen and oxygen atoms in total. The van der Waals surface area contributed by atoms with Crippen LogP contribution in [-0.2, 0) is 4.79 Å². The van der Waals surface area contributed by atoms with Gasteiger partial charge in [-0.3, -0.25) is 4.79 Å². The molecule has 3 aromatic carbocycles. The van der Waals surface area contributed by atoms with Gasteiger partial charge in [0.05, 0.1) is 44.1 Å². The number of rotatable bonds is 10. The lowest BCUT2D eigenvalue weighted by Crippen LogP contribution is -2.26. The third kappa shape index (κ3) is 7.23. The molecule has 0 fully saturated rings. The number of halogens is 2. The van der Waals surface area contributed by atoms with E-state index in [1.165, 1.54) is 39.7 Å². The number of nitrogens with one attached hydrogen (secondary N) is 2. The van der Waals surface area contributed by atoms with Crippen LogP contribution in [0.25, 0.3) is 0 Å². The molecule has 2 N–H and O–H groups in total. The number of esters is 1. The quantitative estimate of drug-likeness (QED) is 0.134. The van der Waals surface area contributed by atoms with E-state index in [0.717, 1.165) is 11.3 Å². The van der Waals surface area contributed by atoms with Gasteiger partial charge in [-0.25, -0.2) is 10.2 Å². The molecule has 0 bridgehead atoms. The summed E-state index contributed by atoms with van der Waals surface area (Å²) in [4.78, 5) is 25.3. The fourth-order valence-corrected chi connectivity index (χ4v) is 4.63. The van der Waals surface area contributed by atoms with Crippen molar-refractivity contribution in [2.75, 3.05) is 33.2 Å². The van der Waals surface area contributed by atoms with Gasteiger partial charge in [0.15, 0.2) is 17.2 Å². The topological polar surface area (TPSA) is 107 Å². The average molecular weight is 635 g/mol. The lowest BCUT2D eigenvalue weighted by molar-refractivity contribution is -0.119. The summed E-state index contributed by atoms with van der Waals surface area (Å²) in [6.45, 7) is 1.98. The Labute approximate surface area is 231 Å². The van der Waals surface area contributed by atoms with Gasteiger partial charge in [0.25, 0.3) is 5.91 Å². The fourth-order valence-electron chi connectivity index (χ4n) is 3.29. The van der Waals surface area contributed by atoms with Gasteiger partial charge in [0.2, 0.25) is 5.75 Å². The molecule has 3 rings (SSSR count). The first kappa shape index (κ1) is 28.0. The highest BCUT2D eigenvalue weighted by molar-refractivity contribution is 9.11. The minimum Gasteiger partial charge on any atom is -0.493 e. The Balaban J connectivity index is 1.77. The predicted molar refractivity (Wildman–Crippen MR) is 148 cm³/mol. The molecule has 0 aliphatic heterocycles. The number of anilines is 1. The molecule has 1 amide bonds. The van der Waals surface area contributed by atoms with Crippen LogP contribution >= 0.6 is 31.9 Å². The molecular formula is C26H25Br2N3O6. The Bertz CT molecular complexity index is 1300. The van der Waals surface area contributed by atoms with Gasteiger partial charge in [-0.2, -0.15) is 5.10 Å². The van der Waals surface area contributed by atoms with E-state index in [2.05, 4.69) is 47.7 Å². The van der Waals surface area contributed by atoms with Crippen LogP contribution < -0.4 is 29.7 Å². The number of carbonyl (C=O) groups is 2. The Kier molecular flexibility index (Phi) is 9.93. The highest BCUT2D eigenvalue weighted by atomic mass is 79.9. The van der Waals surface area contributed by atoms with Crippen LogP contribution in [0.5, 0.6) is 23.0 Å². The molecule has 0 spiro atoms. The first-order valence-corrected chi connectivity index (χ1v) is 12.5. The Morgan fingerprint density at radius 2 is 1.62 bits per heavy atom. The van der Waals surface area contributed by atoms with Gasteiger partial charge in [0.1, 0.15) is 0 Å². The van der Waals surface area contributed by atoms with Gasteiger partial charge in [0, 0.05) is 15.7 Å². The van der Waals surface area contributed by atoms with Crippen LogP contribution in [-0.4, -0.2) is 46.0 Å². The maximum absolute atomic E-state index is 13.0. The second-order valence-corrected chi connectivity index (χ2v) is 9.34. The van der Waals surface area contributed by atoms with Gasteiger partial charge >= 0.3 is 5.97 Å². The summed E-state index contributed by atoms with van der Waals surface area (Å²) in [6, 6.07) is 14.1. The number of hydrogen-bond acceptors (Lipinski definition) is 8. The summed E-state index contributed by atoms with van der Waals surface area (Å²) < 4.78 is 22.8. The van der Waals surface area contributed by atoms with Crippen LogP contribution in [0.2, 0.25) is 0 Å². The number of methoxy groups -OCH3 is 3. The largest absolute Gasteiger partial charge is 0.493 e. The lowest BCUT2D eigenvalue weighted by atomic mass is 10.1. The Morgan fingerprint density at radius 3 is 2.24 bits per heavy atom. The Hall–Kier alpha value is -3.57. The van der Waals surface area contributed by atoms with Crippen molar-refractivity contribution in [3.05, 3.63) is 74.2 Å². The lowest BCUT2D eigenvalue weighted by Gasteiger charge is -2.15. The molecule has 0 radical (unpaired) electrons. The summed E-state index contributed by atoms with van der Waals surface area (Å²) in [6.07, 6.45) is 1.39. The van der Waals surface area contributed by atoms with Crippen molar-refractivity contribution < 1.29 is 28.5 Å². The fraction of sp³-hybridized carbons (Fsp3) is 0.192. The molecular weight excluding hydrogens is 610 g/mol.